The third kappa shape index (κ3) is 11.6. The highest BCUT2D eigenvalue weighted by Gasteiger charge is 2.26. The fourth-order valence-corrected chi connectivity index (χ4v) is 9.23. The first kappa shape index (κ1) is 54.4. The number of imidazole rings is 2. The van der Waals surface area contributed by atoms with Crippen molar-refractivity contribution in [3.63, 3.8) is 0 Å². The number of nitrogens with two attached hydrogens (primary N) is 1. The number of anilines is 5. The van der Waals surface area contributed by atoms with Crippen molar-refractivity contribution >= 4 is 86.7 Å². The van der Waals surface area contributed by atoms with Gasteiger partial charge in [-0.25, -0.2) is 15.0 Å². The van der Waals surface area contributed by atoms with Gasteiger partial charge in [0.2, 0.25) is 0 Å². The summed E-state index contributed by atoms with van der Waals surface area (Å²) in [6.45, 7) is 1.90. The Morgan fingerprint density at radius 1 is 0.613 bits per heavy atom. The van der Waals surface area contributed by atoms with E-state index in [0.29, 0.717) is 62.3 Å². The van der Waals surface area contributed by atoms with Crippen molar-refractivity contribution in [2.45, 2.75) is 25.8 Å². The number of hydrogen-bond acceptors (Lipinski definition) is 12. The Bertz CT molecular complexity index is 3890. The van der Waals surface area contributed by atoms with E-state index in [2.05, 4.69) is 57.2 Å². The van der Waals surface area contributed by atoms with Crippen molar-refractivity contribution in [2.24, 2.45) is 53.9 Å². The van der Waals surface area contributed by atoms with Crippen LogP contribution >= 0.6 is 0 Å². The Morgan fingerprint density at radius 2 is 1.12 bits per heavy atom. The molecule has 1 unspecified atom stereocenters. The molecule has 0 radical (unpaired) electrons. The fourth-order valence-electron chi connectivity index (χ4n) is 9.23. The summed E-state index contributed by atoms with van der Waals surface area (Å²) in [5.41, 5.74) is 12.0. The zero-order valence-electron chi connectivity index (χ0n) is 44.9. The number of Topliss-reactive ketones (excluding diaryl/α,β-unsaturated/α-hetero) is 1. The van der Waals surface area contributed by atoms with Crippen molar-refractivity contribution in [1.29, 1.82) is 0 Å². The molecule has 26 heteroatoms. The number of aromatic nitrogens is 10. The highest BCUT2D eigenvalue weighted by molar-refractivity contribution is 6.10. The van der Waals surface area contributed by atoms with Gasteiger partial charge in [-0.15, -0.1) is 0 Å². The third-order valence-corrected chi connectivity index (χ3v) is 13.4. The average Bonchev–Trinajstić information content (AvgIpc) is 4.33. The normalized spacial score (nSPS) is 13.3. The number of carbonyl (C=O) groups is 8. The van der Waals surface area contributed by atoms with Crippen molar-refractivity contribution in [3.8, 4) is 11.5 Å². The molecule has 0 bridgehead atoms. The van der Waals surface area contributed by atoms with E-state index in [4.69, 9.17) is 5.73 Å². The molecule has 0 saturated heterocycles. The number of nitrogens with zero attached hydrogens (tertiary/aromatic N) is 9. The molecular formula is C54H58N18O8. The molecule has 10 N–H and O–H groups in total. The van der Waals surface area contributed by atoms with E-state index in [1.165, 1.54) is 31.4 Å². The van der Waals surface area contributed by atoms with Crippen LogP contribution in [-0.4, -0.2) is 114 Å². The van der Waals surface area contributed by atoms with Gasteiger partial charge in [-0.05, 0) is 60.5 Å². The maximum atomic E-state index is 13.5. The molecule has 0 aromatic carbocycles. The summed E-state index contributed by atoms with van der Waals surface area (Å²) in [7, 11) is 11.7. The molecule has 9 rings (SSSR count). The lowest BCUT2D eigenvalue weighted by atomic mass is 10.0. The number of H-pyrrole nitrogens is 1. The summed E-state index contributed by atoms with van der Waals surface area (Å²) >= 11 is 0. The molecule has 1 aliphatic carbocycles. The van der Waals surface area contributed by atoms with Crippen LogP contribution in [0.15, 0.2) is 109 Å². The first-order chi connectivity index (χ1) is 38.1. The number of aromatic amines is 1. The number of ketones is 1. The zero-order chi connectivity index (χ0) is 57.3. The molecular weight excluding hydrogens is 1030 g/mol. The number of amides is 7. The average molecular weight is 1090 g/mol. The lowest BCUT2D eigenvalue weighted by Gasteiger charge is -2.11. The first-order valence-electron chi connectivity index (χ1n) is 25.1. The summed E-state index contributed by atoms with van der Waals surface area (Å²) in [4.78, 5) is 121. The molecule has 8 aromatic rings. The SMILES string of the molecule is CNC(=O)c1cc(NC(=O)c2cc(NC(=O)c3cc(NC(=O)C4=CC(CC(=O)[C@H](N)CCNC(=O)c5cc(NC(=O)c6ccc7[nH]c(-c8cc(NC(=O)c9nccn9C)cn8C)nc7n6)cn5C)=CC4C)cn3C)cn2C)cn1C. The van der Waals surface area contributed by atoms with E-state index in [-0.39, 0.29) is 77.1 Å². The monoisotopic (exact) mass is 1090 g/mol. The highest BCUT2D eigenvalue weighted by Crippen LogP contribution is 2.29. The van der Waals surface area contributed by atoms with Gasteiger partial charge in [0, 0.05) is 117 Å². The molecule has 0 saturated carbocycles. The number of fused-ring (bicyclic) bond motifs is 1. The van der Waals surface area contributed by atoms with Gasteiger partial charge in [0.15, 0.2) is 23.1 Å². The summed E-state index contributed by atoms with van der Waals surface area (Å²) in [6.07, 6.45) is 14.9. The number of pyridine rings is 1. The van der Waals surface area contributed by atoms with Crippen LogP contribution < -0.4 is 43.0 Å². The fraction of sp³-hybridized carbons (Fsp3) is 0.241. The minimum absolute atomic E-state index is 0.0357. The summed E-state index contributed by atoms with van der Waals surface area (Å²) in [5, 5.41) is 19.3. The standard InChI is InChI=1S/C54H58N18O8/c1-28-15-29(16-35(28)48(74)59-31-21-42(71(7)24-31)52(78)62-34-22-43(72(8)27-34)53(79)61-33-19-40(50(76)56-2)69(5)26-33)17-44(73)36(55)11-12-58-51(77)41-20-32(25-70(41)6)60-49(75)38-10-9-37-45(65-38)66-46(64-37)39-18-30(23-68(39)4)63-54(80)47-57-13-14-67(47)3/h9-10,13-16,18-28,36H,11-12,17,55H2,1-8H3,(H,56,76)(H,58,77)(H,59,74)(H,60,75)(H,61,79)(H,62,78)(H,63,80)(H,64,65,66)/t28?,36-/m1/s1. The second-order valence-corrected chi connectivity index (χ2v) is 19.4. The Kier molecular flexibility index (Phi) is 15.2. The van der Waals surface area contributed by atoms with Crippen LogP contribution in [0, 0.1) is 5.92 Å². The molecule has 80 heavy (non-hydrogen) atoms. The van der Waals surface area contributed by atoms with Crippen LogP contribution in [-0.2, 0) is 51.9 Å². The molecule has 412 valence electrons. The summed E-state index contributed by atoms with van der Waals surface area (Å²) < 4.78 is 9.65. The Balaban J connectivity index is 0.723. The van der Waals surface area contributed by atoms with Crippen LogP contribution in [0.1, 0.15) is 82.8 Å². The number of allylic oxidation sites excluding steroid dienone is 3. The van der Waals surface area contributed by atoms with Gasteiger partial charge in [-0.3, -0.25) is 38.4 Å². The second kappa shape index (κ2) is 22.3. The minimum Gasteiger partial charge on any atom is -0.354 e. The van der Waals surface area contributed by atoms with Gasteiger partial charge < -0.3 is 75.3 Å². The summed E-state index contributed by atoms with van der Waals surface area (Å²) in [6, 6.07) is 10.2. The van der Waals surface area contributed by atoms with Crippen LogP contribution in [0.4, 0.5) is 28.4 Å². The minimum atomic E-state index is -0.917. The van der Waals surface area contributed by atoms with Gasteiger partial charge >= 0.3 is 0 Å². The van der Waals surface area contributed by atoms with E-state index in [1.807, 2.05) is 13.0 Å². The zero-order valence-corrected chi connectivity index (χ0v) is 44.9. The van der Waals surface area contributed by atoms with Crippen molar-refractivity contribution in [1.82, 2.24) is 58.0 Å². The van der Waals surface area contributed by atoms with Crippen molar-refractivity contribution < 1.29 is 38.4 Å². The smallest absolute Gasteiger partial charge is 0.291 e. The first-order valence-corrected chi connectivity index (χ1v) is 25.1. The van der Waals surface area contributed by atoms with Crippen LogP contribution in [0.5, 0.6) is 0 Å². The molecule has 0 aliphatic heterocycles. The van der Waals surface area contributed by atoms with Gasteiger partial charge in [-0.2, -0.15) is 0 Å². The van der Waals surface area contributed by atoms with Crippen LogP contribution in [0.3, 0.4) is 0 Å². The largest absolute Gasteiger partial charge is 0.354 e. The molecule has 0 spiro atoms. The van der Waals surface area contributed by atoms with Crippen molar-refractivity contribution in [3.05, 3.63) is 143 Å². The number of hydrogen-bond donors (Lipinski definition) is 9. The number of nitrogens with one attached hydrogen (secondary N) is 8. The van der Waals surface area contributed by atoms with E-state index in [0.717, 1.165) is 0 Å². The van der Waals surface area contributed by atoms with Crippen LogP contribution in [0.2, 0.25) is 0 Å². The molecule has 8 aromatic heterocycles. The maximum absolute atomic E-state index is 13.5. The quantitative estimate of drug-likeness (QED) is 0.0556. The predicted octanol–water partition coefficient (Wildman–Crippen LogP) is 3.97. The second-order valence-electron chi connectivity index (χ2n) is 19.4. The lowest BCUT2D eigenvalue weighted by Crippen LogP contribution is -2.36. The lowest BCUT2D eigenvalue weighted by molar-refractivity contribution is -0.119. The van der Waals surface area contributed by atoms with Gasteiger partial charge in [0.1, 0.15) is 28.5 Å². The summed E-state index contributed by atoms with van der Waals surface area (Å²) in [5.74, 6) is -2.92. The molecule has 1 aliphatic rings. The molecule has 26 nitrogen and oxygen atoms in total. The number of rotatable bonds is 19. The Hall–Kier alpha value is -10.4. The Labute approximate surface area is 456 Å². The van der Waals surface area contributed by atoms with E-state index in [9.17, 15) is 38.4 Å². The van der Waals surface area contributed by atoms with E-state index >= 15 is 0 Å². The number of aryl methyl sites for hydroxylation is 6. The van der Waals surface area contributed by atoms with Gasteiger partial charge in [0.05, 0.1) is 45.7 Å². The highest BCUT2D eigenvalue weighted by atomic mass is 16.2. The molecule has 2 atom stereocenters. The van der Waals surface area contributed by atoms with Gasteiger partial charge in [-0.1, -0.05) is 13.0 Å². The van der Waals surface area contributed by atoms with Crippen molar-refractivity contribution in [2.75, 3.05) is 40.2 Å². The molecule has 0 fully saturated rings. The molecule has 8 heterocycles. The van der Waals surface area contributed by atoms with Crippen LogP contribution in [0.25, 0.3) is 22.7 Å². The topological polar surface area (TPSA) is 331 Å². The number of carbonyl (C=O) groups excluding carboxylic acids is 8. The van der Waals surface area contributed by atoms with E-state index < -0.39 is 35.6 Å². The predicted molar refractivity (Wildman–Crippen MR) is 297 cm³/mol. The molecule has 7 amide bonds. The maximum Gasteiger partial charge on any atom is 0.291 e. The Morgan fingerprint density at radius 3 is 1.69 bits per heavy atom. The van der Waals surface area contributed by atoms with Gasteiger partial charge in [0.25, 0.3) is 41.4 Å². The van der Waals surface area contributed by atoms with E-state index in [1.54, 1.807) is 137 Å². The third-order valence-electron chi connectivity index (χ3n) is 13.4.